The number of rotatable bonds is 8. The molecule has 0 unspecified atom stereocenters. The fourth-order valence-electron chi connectivity index (χ4n) is 4.48. The highest BCUT2D eigenvalue weighted by atomic mass is 35.5. The van der Waals surface area contributed by atoms with Gasteiger partial charge in [0.1, 0.15) is 5.69 Å². The highest BCUT2D eigenvalue weighted by Crippen LogP contribution is 2.20. The van der Waals surface area contributed by atoms with Gasteiger partial charge in [-0.1, -0.05) is 84.4 Å². The quantitative estimate of drug-likeness (QED) is 0.340. The molecular weight excluding hydrogens is 472 g/mol. The average molecular weight is 499 g/mol. The van der Waals surface area contributed by atoms with E-state index in [0.717, 1.165) is 17.5 Å². The summed E-state index contributed by atoms with van der Waals surface area (Å²) in [5.74, 6) is -0.308. The van der Waals surface area contributed by atoms with E-state index in [1.807, 2.05) is 77.7 Å². The van der Waals surface area contributed by atoms with E-state index < -0.39 is 0 Å². The summed E-state index contributed by atoms with van der Waals surface area (Å²) in [6.45, 7) is 2.55. The first-order valence-electron chi connectivity index (χ1n) is 12.1. The van der Waals surface area contributed by atoms with E-state index in [2.05, 4.69) is 17.2 Å². The second kappa shape index (κ2) is 10.8. The number of halogens is 1. The molecule has 1 aliphatic heterocycles. The Kier molecular flexibility index (Phi) is 7.14. The standard InChI is InChI=1S/C29H27ClN4O2/c30-25-13-7-12-24(18-25)21-33-16-17-34-27(29(33)36)19-26(31-34)28(35)32(20-23-10-5-2-6-11-23)15-14-22-8-3-1-4-9-22/h1-13,18-19H,14-17,20-21H2. The Balaban J connectivity index is 1.34. The third-order valence-electron chi connectivity index (χ3n) is 6.37. The molecule has 0 fully saturated rings. The van der Waals surface area contributed by atoms with Gasteiger partial charge in [-0.2, -0.15) is 5.10 Å². The lowest BCUT2D eigenvalue weighted by molar-refractivity contribution is 0.0680. The molecule has 6 nitrogen and oxygen atoms in total. The minimum Gasteiger partial charge on any atom is -0.333 e. The fraction of sp³-hybridized carbons (Fsp3) is 0.207. The van der Waals surface area contributed by atoms with Crippen LogP contribution >= 0.6 is 11.6 Å². The lowest BCUT2D eigenvalue weighted by atomic mass is 10.1. The first-order chi connectivity index (χ1) is 17.6. The number of amides is 2. The minimum absolute atomic E-state index is 0.133. The molecule has 5 rings (SSSR count). The van der Waals surface area contributed by atoms with Crippen LogP contribution in [0.25, 0.3) is 0 Å². The normalized spacial score (nSPS) is 12.9. The molecule has 0 aliphatic carbocycles. The van der Waals surface area contributed by atoms with E-state index in [1.165, 1.54) is 5.56 Å². The van der Waals surface area contributed by atoms with Gasteiger partial charge in [-0.25, -0.2) is 0 Å². The molecular formula is C29H27ClN4O2. The highest BCUT2D eigenvalue weighted by molar-refractivity contribution is 6.30. The molecule has 36 heavy (non-hydrogen) atoms. The Bertz CT molecular complexity index is 1350. The molecule has 0 atom stereocenters. The molecule has 0 N–H and O–H groups in total. The van der Waals surface area contributed by atoms with Gasteiger partial charge in [-0.05, 0) is 35.2 Å². The third-order valence-corrected chi connectivity index (χ3v) is 6.60. The highest BCUT2D eigenvalue weighted by Gasteiger charge is 2.29. The van der Waals surface area contributed by atoms with Gasteiger partial charge in [-0.15, -0.1) is 0 Å². The summed E-state index contributed by atoms with van der Waals surface area (Å²) in [7, 11) is 0. The molecule has 0 radical (unpaired) electrons. The van der Waals surface area contributed by atoms with E-state index in [0.29, 0.717) is 49.1 Å². The predicted octanol–water partition coefficient (Wildman–Crippen LogP) is 5.08. The summed E-state index contributed by atoms with van der Waals surface area (Å²) in [6, 6.07) is 29.2. The van der Waals surface area contributed by atoms with Crippen molar-refractivity contribution in [3.05, 3.63) is 124 Å². The summed E-state index contributed by atoms with van der Waals surface area (Å²) in [4.78, 5) is 30.4. The van der Waals surface area contributed by atoms with Crippen LogP contribution in [0.4, 0.5) is 0 Å². The summed E-state index contributed by atoms with van der Waals surface area (Å²) >= 11 is 6.11. The van der Waals surface area contributed by atoms with Gasteiger partial charge in [0.2, 0.25) is 0 Å². The molecule has 3 aromatic carbocycles. The van der Waals surface area contributed by atoms with Crippen LogP contribution in [0.5, 0.6) is 0 Å². The predicted molar refractivity (Wildman–Crippen MR) is 140 cm³/mol. The SMILES string of the molecule is O=C(c1cc2n(n1)CCN(Cc1cccc(Cl)c1)C2=O)N(CCc1ccccc1)Cc1ccccc1. The molecule has 0 spiro atoms. The van der Waals surface area contributed by atoms with Gasteiger partial charge >= 0.3 is 0 Å². The maximum absolute atomic E-state index is 13.6. The van der Waals surface area contributed by atoms with Crippen molar-refractivity contribution in [2.24, 2.45) is 0 Å². The van der Waals surface area contributed by atoms with Gasteiger partial charge < -0.3 is 9.80 Å². The number of carbonyl (C=O) groups is 2. The number of aromatic nitrogens is 2. The second-order valence-corrected chi connectivity index (χ2v) is 9.38. The van der Waals surface area contributed by atoms with Crippen LogP contribution in [0.2, 0.25) is 5.02 Å². The Hall–Kier alpha value is -3.90. The van der Waals surface area contributed by atoms with Gasteiger partial charge in [0.05, 0.1) is 6.54 Å². The molecule has 1 aliphatic rings. The number of hydrogen-bond donors (Lipinski definition) is 0. The van der Waals surface area contributed by atoms with Crippen molar-refractivity contribution in [2.45, 2.75) is 26.1 Å². The number of hydrogen-bond acceptors (Lipinski definition) is 3. The molecule has 0 saturated heterocycles. The van der Waals surface area contributed by atoms with Crippen molar-refractivity contribution in [1.82, 2.24) is 19.6 Å². The van der Waals surface area contributed by atoms with Crippen molar-refractivity contribution in [3.8, 4) is 0 Å². The Morgan fingerprint density at radius 1 is 0.861 bits per heavy atom. The van der Waals surface area contributed by atoms with E-state index in [9.17, 15) is 9.59 Å². The van der Waals surface area contributed by atoms with Crippen LogP contribution in [0.3, 0.4) is 0 Å². The summed E-state index contributed by atoms with van der Waals surface area (Å²) in [5.41, 5.74) is 3.92. The molecule has 182 valence electrons. The van der Waals surface area contributed by atoms with Crippen LogP contribution < -0.4 is 0 Å². The molecule has 1 aromatic heterocycles. The molecule has 4 aromatic rings. The van der Waals surface area contributed by atoms with Crippen LogP contribution in [0.15, 0.2) is 91.0 Å². The topological polar surface area (TPSA) is 58.4 Å². The van der Waals surface area contributed by atoms with E-state index in [4.69, 9.17) is 11.6 Å². The summed E-state index contributed by atoms with van der Waals surface area (Å²) in [6.07, 6.45) is 0.735. The maximum atomic E-state index is 13.6. The first kappa shape index (κ1) is 23.8. The van der Waals surface area contributed by atoms with Crippen LogP contribution in [0, 0.1) is 0 Å². The lowest BCUT2D eigenvalue weighted by Gasteiger charge is -2.27. The van der Waals surface area contributed by atoms with E-state index in [-0.39, 0.29) is 11.8 Å². The Morgan fingerprint density at radius 2 is 1.56 bits per heavy atom. The maximum Gasteiger partial charge on any atom is 0.274 e. The van der Waals surface area contributed by atoms with Gasteiger partial charge in [0.25, 0.3) is 11.8 Å². The Morgan fingerprint density at radius 3 is 2.28 bits per heavy atom. The molecule has 0 bridgehead atoms. The fourth-order valence-corrected chi connectivity index (χ4v) is 4.69. The summed E-state index contributed by atoms with van der Waals surface area (Å²) in [5, 5.41) is 5.17. The zero-order chi connectivity index (χ0) is 24.9. The van der Waals surface area contributed by atoms with E-state index in [1.54, 1.807) is 15.6 Å². The smallest absolute Gasteiger partial charge is 0.274 e. The second-order valence-electron chi connectivity index (χ2n) is 8.94. The molecule has 2 amide bonds. The molecule has 2 heterocycles. The van der Waals surface area contributed by atoms with Gasteiger partial charge in [0, 0.05) is 37.3 Å². The largest absolute Gasteiger partial charge is 0.333 e. The summed E-state index contributed by atoms with van der Waals surface area (Å²) < 4.78 is 1.65. The first-order valence-corrected chi connectivity index (χ1v) is 12.4. The van der Waals surface area contributed by atoms with Crippen molar-refractivity contribution in [2.75, 3.05) is 13.1 Å². The number of benzene rings is 3. The number of fused-ring (bicyclic) bond motifs is 1. The van der Waals surface area contributed by atoms with Crippen LogP contribution in [-0.4, -0.2) is 44.5 Å². The minimum atomic E-state index is -0.175. The number of carbonyl (C=O) groups excluding carboxylic acids is 2. The average Bonchev–Trinajstić information content (AvgIpc) is 3.34. The monoisotopic (exact) mass is 498 g/mol. The lowest BCUT2D eigenvalue weighted by Crippen LogP contribution is -2.39. The third kappa shape index (κ3) is 5.50. The van der Waals surface area contributed by atoms with Crippen LogP contribution in [0.1, 0.15) is 37.7 Å². The Labute approximate surface area is 215 Å². The van der Waals surface area contributed by atoms with Crippen molar-refractivity contribution in [3.63, 3.8) is 0 Å². The molecule has 0 saturated carbocycles. The van der Waals surface area contributed by atoms with Crippen molar-refractivity contribution >= 4 is 23.4 Å². The van der Waals surface area contributed by atoms with Gasteiger partial charge in [0.15, 0.2) is 5.69 Å². The zero-order valence-corrected chi connectivity index (χ0v) is 20.6. The van der Waals surface area contributed by atoms with E-state index >= 15 is 0 Å². The van der Waals surface area contributed by atoms with Crippen LogP contribution in [-0.2, 0) is 26.1 Å². The van der Waals surface area contributed by atoms with Crippen molar-refractivity contribution < 1.29 is 9.59 Å². The van der Waals surface area contributed by atoms with Crippen molar-refractivity contribution in [1.29, 1.82) is 0 Å². The molecule has 7 heteroatoms. The number of nitrogens with zero attached hydrogens (tertiary/aromatic N) is 4. The zero-order valence-electron chi connectivity index (χ0n) is 19.9. The van der Waals surface area contributed by atoms with Gasteiger partial charge in [-0.3, -0.25) is 14.3 Å².